The SMILES string of the molecule is CN(C)c1cc(CNC(=O)[C@H]2CCCOC2)c2ccccc2n1. The van der Waals surface area contributed by atoms with Gasteiger partial charge in [0.2, 0.25) is 5.91 Å². The lowest BCUT2D eigenvalue weighted by Crippen LogP contribution is -2.35. The molecule has 0 saturated carbocycles. The average Bonchev–Trinajstić information content (AvgIpc) is 2.59. The third-order valence-electron chi connectivity index (χ3n) is 4.23. The molecule has 0 radical (unpaired) electrons. The summed E-state index contributed by atoms with van der Waals surface area (Å²) in [4.78, 5) is 18.9. The lowest BCUT2D eigenvalue weighted by atomic mass is 10.0. The maximum atomic E-state index is 12.3. The molecule has 3 rings (SSSR count). The van der Waals surface area contributed by atoms with Crippen LogP contribution in [-0.4, -0.2) is 38.2 Å². The Hall–Kier alpha value is -2.14. The van der Waals surface area contributed by atoms with Crippen molar-refractivity contribution in [3.8, 4) is 0 Å². The second-order valence-corrected chi connectivity index (χ2v) is 6.18. The van der Waals surface area contributed by atoms with E-state index in [9.17, 15) is 4.79 Å². The van der Waals surface area contributed by atoms with Crippen LogP contribution in [0.15, 0.2) is 30.3 Å². The highest BCUT2D eigenvalue weighted by atomic mass is 16.5. The minimum absolute atomic E-state index is 0.0230. The molecule has 1 amide bonds. The van der Waals surface area contributed by atoms with Gasteiger partial charge in [-0.1, -0.05) is 18.2 Å². The quantitative estimate of drug-likeness (QED) is 0.941. The number of para-hydroxylation sites is 1. The molecule has 1 atom stereocenters. The fourth-order valence-corrected chi connectivity index (χ4v) is 2.88. The fraction of sp³-hybridized carbons (Fsp3) is 0.444. The van der Waals surface area contributed by atoms with Crippen molar-refractivity contribution in [3.63, 3.8) is 0 Å². The highest BCUT2D eigenvalue weighted by Crippen LogP contribution is 2.22. The Kier molecular flexibility index (Phi) is 4.76. The molecule has 122 valence electrons. The molecule has 1 N–H and O–H groups in total. The Morgan fingerprint density at radius 1 is 1.39 bits per heavy atom. The minimum atomic E-state index is -0.0230. The molecule has 1 saturated heterocycles. The number of carbonyl (C=O) groups is 1. The molecule has 1 aliphatic heterocycles. The van der Waals surface area contributed by atoms with E-state index in [-0.39, 0.29) is 11.8 Å². The summed E-state index contributed by atoms with van der Waals surface area (Å²) in [6.07, 6.45) is 1.87. The van der Waals surface area contributed by atoms with Gasteiger partial charge in [-0.05, 0) is 30.5 Å². The summed E-state index contributed by atoms with van der Waals surface area (Å²) in [5, 5.41) is 4.14. The summed E-state index contributed by atoms with van der Waals surface area (Å²) in [6, 6.07) is 10.1. The minimum Gasteiger partial charge on any atom is -0.381 e. The molecule has 5 heteroatoms. The predicted octanol–water partition coefficient (Wildman–Crippen LogP) is 2.34. The van der Waals surface area contributed by atoms with Gasteiger partial charge >= 0.3 is 0 Å². The molecule has 2 heterocycles. The van der Waals surface area contributed by atoms with Crippen molar-refractivity contribution in [2.45, 2.75) is 19.4 Å². The second kappa shape index (κ2) is 6.96. The zero-order chi connectivity index (χ0) is 16.2. The zero-order valence-electron chi connectivity index (χ0n) is 13.7. The maximum Gasteiger partial charge on any atom is 0.225 e. The molecule has 1 fully saturated rings. The summed E-state index contributed by atoms with van der Waals surface area (Å²) >= 11 is 0. The lowest BCUT2D eigenvalue weighted by Gasteiger charge is -2.21. The van der Waals surface area contributed by atoms with Gasteiger partial charge in [0.25, 0.3) is 0 Å². The van der Waals surface area contributed by atoms with Crippen LogP contribution in [0.3, 0.4) is 0 Å². The number of anilines is 1. The summed E-state index contributed by atoms with van der Waals surface area (Å²) < 4.78 is 5.40. The molecule has 1 aromatic carbocycles. The molecule has 2 aromatic rings. The van der Waals surface area contributed by atoms with E-state index in [0.717, 1.165) is 41.7 Å². The third kappa shape index (κ3) is 3.62. The highest BCUT2D eigenvalue weighted by molar-refractivity contribution is 5.85. The van der Waals surface area contributed by atoms with Crippen LogP contribution < -0.4 is 10.2 Å². The molecular weight excluding hydrogens is 290 g/mol. The van der Waals surface area contributed by atoms with Crippen LogP contribution in [0.2, 0.25) is 0 Å². The first-order valence-corrected chi connectivity index (χ1v) is 8.06. The third-order valence-corrected chi connectivity index (χ3v) is 4.23. The highest BCUT2D eigenvalue weighted by Gasteiger charge is 2.21. The number of rotatable bonds is 4. The number of amides is 1. The molecule has 0 bridgehead atoms. The van der Waals surface area contributed by atoms with Crippen molar-refractivity contribution in [1.29, 1.82) is 0 Å². The van der Waals surface area contributed by atoms with Gasteiger partial charge in [-0.25, -0.2) is 4.98 Å². The van der Waals surface area contributed by atoms with Gasteiger partial charge in [0, 0.05) is 32.6 Å². The van der Waals surface area contributed by atoms with E-state index in [1.807, 2.05) is 49.3 Å². The van der Waals surface area contributed by atoms with Crippen molar-refractivity contribution in [2.75, 3.05) is 32.2 Å². The number of fused-ring (bicyclic) bond motifs is 1. The monoisotopic (exact) mass is 313 g/mol. The van der Waals surface area contributed by atoms with E-state index in [1.54, 1.807) is 0 Å². The van der Waals surface area contributed by atoms with Crippen molar-refractivity contribution < 1.29 is 9.53 Å². The van der Waals surface area contributed by atoms with E-state index in [2.05, 4.69) is 10.3 Å². The van der Waals surface area contributed by atoms with Gasteiger partial charge in [0.1, 0.15) is 5.82 Å². The number of hydrogen-bond donors (Lipinski definition) is 1. The molecule has 0 unspecified atom stereocenters. The van der Waals surface area contributed by atoms with Crippen LogP contribution in [0.5, 0.6) is 0 Å². The molecule has 0 aliphatic carbocycles. The van der Waals surface area contributed by atoms with E-state index in [4.69, 9.17) is 4.74 Å². The Morgan fingerprint density at radius 2 is 2.22 bits per heavy atom. The van der Waals surface area contributed by atoms with Crippen molar-refractivity contribution >= 4 is 22.6 Å². The second-order valence-electron chi connectivity index (χ2n) is 6.18. The van der Waals surface area contributed by atoms with E-state index in [0.29, 0.717) is 13.2 Å². The standard InChI is InChI=1S/C18H23N3O2/c1-21(2)17-10-14(15-7-3-4-8-16(15)20-17)11-19-18(22)13-6-5-9-23-12-13/h3-4,7-8,10,13H,5-6,9,11-12H2,1-2H3,(H,19,22)/t13-/m0/s1. The Balaban J connectivity index is 1.79. The van der Waals surface area contributed by atoms with E-state index < -0.39 is 0 Å². The smallest absolute Gasteiger partial charge is 0.225 e. The van der Waals surface area contributed by atoms with Crippen molar-refractivity contribution in [2.24, 2.45) is 5.92 Å². The van der Waals surface area contributed by atoms with E-state index >= 15 is 0 Å². The number of hydrogen-bond acceptors (Lipinski definition) is 4. The molecule has 1 aliphatic rings. The normalized spacial score (nSPS) is 17.9. The van der Waals surface area contributed by atoms with Crippen LogP contribution >= 0.6 is 0 Å². The lowest BCUT2D eigenvalue weighted by molar-refractivity contribution is -0.129. The van der Waals surface area contributed by atoms with Crippen LogP contribution in [0.1, 0.15) is 18.4 Å². The summed E-state index contributed by atoms with van der Waals surface area (Å²) in [5.74, 6) is 0.955. The van der Waals surface area contributed by atoms with Gasteiger partial charge in [-0.3, -0.25) is 4.79 Å². The first-order chi connectivity index (χ1) is 11.1. The summed E-state index contributed by atoms with van der Waals surface area (Å²) in [5.41, 5.74) is 2.04. The first-order valence-electron chi connectivity index (χ1n) is 8.06. The van der Waals surface area contributed by atoms with Crippen LogP contribution in [0.25, 0.3) is 10.9 Å². The first kappa shape index (κ1) is 15.7. The maximum absolute atomic E-state index is 12.3. The van der Waals surface area contributed by atoms with Crippen LogP contribution in [-0.2, 0) is 16.1 Å². The Labute approximate surface area is 136 Å². The largest absolute Gasteiger partial charge is 0.381 e. The van der Waals surface area contributed by atoms with Gasteiger partial charge < -0.3 is 15.0 Å². The number of nitrogens with one attached hydrogen (secondary N) is 1. The molecule has 5 nitrogen and oxygen atoms in total. The van der Waals surface area contributed by atoms with Gasteiger partial charge in [0.15, 0.2) is 0 Å². The number of aromatic nitrogens is 1. The number of ether oxygens (including phenoxy) is 1. The number of carbonyl (C=O) groups excluding carboxylic acids is 1. The number of benzene rings is 1. The number of pyridine rings is 1. The molecule has 1 aromatic heterocycles. The Bertz CT molecular complexity index is 694. The number of nitrogens with zero attached hydrogens (tertiary/aromatic N) is 2. The molecule has 23 heavy (non-hydrogen) atoms. The van der Waals surface area contributed by atoms with Gasteiger partial charge in [0.05, 0.1) is 18.0 Å². The van der Waals surface area contributed by atoms with Crippen molar-refractivity contribution in [3.05, 3.63) is 35.9 Å². The van der Waals surface area contributed by atoms with Crippen LogP contribution in [0.4, 0.5) is 5.82 Å². The van der Waals surface area contributed by atoms with Gasteiger partial charge in [-0.2, -0.15) is 0 Å². The van der Waals surface area contributed by atoms with E-state index in [1.165, 1.54) is 0 Å². The summed E-state index contributed by atoms with van der Waals surface area (Å²) in [7, 11) is 3.94. The molecular formula is C18H23N3O2. The van der Waals surface area contributed by atoms with Crippen molar-refractivity contribution in [1.82, 2.24) is 10.3 Å². The predicted molar refractivity (Wildman–Crippen MR) is 91.5 cm³/mol. The molecule has 0 spiro atoms. The zero-order valence-corrected chi connectivity index (χ0v) is 13.7. The summed E-state index contributed by atoms with van der Waals surface area (Å²) in [6.45, 7) is 1.82. The van der Waals surface area contributed by atoms with Gasteiger partial charge in [-0.15, -0.1) is 0 Å². The Morgan fingerprint density at radius 3 is 2.96 bits per heavy atom. The average molecular weight is 313 g/mol. The van der Waals surface area contributed by atoms with Crippen LogP contribution in [0, 0.1) is 5.92 Å². The topological polar surface area (TPSA) is 54.5 Å². The fourth-order valence-electron chi connectivity index (χ4n) is 2.88.